The highest BCUT2D eigenvalue weighted by molar-refractivity contribution is 6.30. The van der Waals surface area contributed by atoms with Crippen LogP contribution in [0.2, 0.25) is 5.15 Å². The Labute approximate surface area is 99.5 Å². The van der Waals surface area contributed by atoms with Gasteiger partial charge in [0.25, 0.3) is 0 Å². The van der Waals surface area contributed by atoms with Gasteiger partial charge in [-0.3, -0.25) is 0 Å². The fraction of sp³-hybridized carbons (Fsp3) is 0.231. The van der Waals surface area contributed by atoms with E-state index in [2.05, 4.69) is 11.1 Å². The van der Waals surface area contributed by atoms with Crippen molar-refractivity contribution in [3.05, 3.63) is 40.5 Å². The average molecular weight is 231 g/mol. The summed E-state index contributed by atoms with van der Waals surface area (Å²) in [5.74, 6) is 0. The molecule has 0 unspecified atom stereocenters. The molecule has 0 fully saturated rings. The van der Waals surface area contributed by atoms with E-state index in [-0.39, 0.29) is 0 Å². The minimum Gasteiger partial charge on any atom is -0.236 e. The first-order chi connectivity index (χ1) is 7.72. The Hall–Kier alpha value is -1.59. The number of nitriles is 1. The van der Waals surface area contributed by atoms with Crippen LogP contribution < -0.4 is 0 Å². The molecule has 0 amide bonds. The van der Waals surface area contributed by atoms with Crippen molar-refractivity contribution in [2.45, 2.75) is 19.8 Å². The number of aromatic nitrogens is 1. The van der Waals surface area contributed by atoms with Crippen LogP contribution in [0.15, 0.2) is 24.3 Å². The lowest BCUT2D eigenvalue weighted by Crippen LogP contribution is -1.91. The van der Waals surface area contributed by atoms with Gasteiger partial charge in [0, 0.05) is 11.8 Å². The van der Waals surface area contributed by atoms with Crippen LogP contribution in [-0.2, 0) is 6.42 Å². The first-order valence-electron chi connectivity index (χ1n) is 5.14. The van der Waals surface area contributed by atoms with E-state index >= 15 is 0 Å². The summed E-state index contributed by atoms with van der Waals surface area (Å²) in [6.45, 7) is 2.01. The average Bonchev–Trinajstić information content (AvgIpc) is 2.28. The lowest BCUT2D eigenvalue weighted by Gasteiger charge is -2.06. The normalized spacial score (nSPS) is 10.3. The Balaban J connectivity index is 2.55. The summed E-state index contributed by atoms with van der Waals surface area (Å²) in [7, 11) is 0. The van der Waals surface area contributed by atoms with Crippen LogP contribution >= 0.6 is 11.6 Å². The van der Waals surface area contributed by atoms with Crippen molar-refractivity contribution in [1.82, 2.24) is 4.98 Å². The number of rotatable bonds is 2. The minimum atomic E-state index is 0.471. The van der Waals surface area contributed by atoms with Crippen LogP contribution in [-0.4, -0.2) is 4.98 Å². The van der Waals surface area contributed by atoms with Gasteiger partial charge in [0.05, 0.1) is 11.6 Å². The number of hydrogen-bond donors (Lipinski definition) is 0. The molecule has 0 aliphatic carbocycles. The molecule has 1 aromatic heterocycles. The van der Waals surface area contributed by atoms with Gasteiger partial charge in [-0.2, -0.15) is 5.26 Å². The molecule has 2 aromatic rings. The topological polar surface area (TPSA) is 36.7 Å². The molecule has 0 aliphatic heterocycles. The second-order valence-electron chi connectivity index (χ2n) is 3.74. The highest BCUT2D eigenvalue weighted by atomic mass is 35.5. The van der Waals surface area contributed by atoms with Crippen LogP contribution in [0.4, 0.5) is 0 Å². The highest BCUT2D eigenvalue weighted by Crippen LogP contribution is 2.23. The Kier molecular flexibility index (Phi) is 3.07. The van der Waals surface area contributed by atoms with Gasteiger partial charge in [0.2, 0.25) is 0 Å². The summed E-state index contributed by atoms with van der Waals surface area (Å²) in [4.78, 5) is 4.38. The van der Waals surface area contributed by atoms with Gasteiger partial charge in [0.15, 0.2) is 0 Å². The van der Waals surface area contributed by atoms with Crippen molar-refractivity contribution >= 4 is 22.5 Å². The molecule has 0 saturated carbocycles. The molecule has 0 radical (unpaired) electrons. The fourth-order valence-corrected chi connectivity index (χ4v) is 1.97. The summed E-state index contributed by atoms with van der Waals surface area (Å²) in [5, 5.41) is 10.2. The minimum absolute atomic E-state index is 0.471. The number of fused-ring (bicyclic) bond motifs is 1. The van der Waals surface area contributed by atoms with E-state index in [1.54, 1.807) is 0 Å². The Morgan fingerprint density at radius 3 is 3.00 bits per heavy atom. The number of benzene rings is 1. The molecule has 0 spiro atoms. The third-order valence-electron chi connectivity index (χ3n) is 2.58. The van der Waals surface area contributed by atoms with E-state index in [1.807, 2.05) is 31.2 Å². The van der Waals surface area contributed by atoms with Gasteiger partial charge in [-0.25, -0.2) is 4.98 Å². The molecule has 0 saturated heterocycles. The Morgan fingerprint density at radius 1 is 1.44 bits per heavy atom. The Morgan fingerprint density at radius 2 is 2.25 bits per heavy atom. The van der Waals surface area contributed by atoms with Crippen molar-refractivity contribution in [3.8, 4) is 6.07 Å². The van der Waals surface area contributed by atoms with Gasteiger partial charge in [0.1, 0.15) is 5.15 Å². The van der Waals surface area contributed by atoms with E-state index in [1.165, 1.54) is 0 Å². The van der Waals surface area contributed by atoms with Crippen molar-refractivity contribution in [1.29, 1.82) is 5.26 Å². The SMILES string of the molecule is Cc1cccc2cc(CCC#N)c(Cl)nc12. The number of hydrogen-bond acceptors (Lipinski definition) is 2. The largest absolute Gasteiger partial charge is 0.236 e. The lowest BCUT2D eigenvalue weighted by molar-refractivity contribution is 1.00. The molecule has 0 aliphatic rings. The van der Waals surface area contributed by atoms with E-state index in [4.69, 9.17) is 16.9 Å². The number of halogens is 1. The molecular formula is C13H11ClN2. The smallest absolute Gasteiger partial charge is 0.133 e. The number of nitrogens with zero attached hydrogens (tertiary/aromatic N) is 2. The van der Waals surface area contributed by atoms with Crippen LogP contribution in [0.25, 0.3) is 10.9 Å². The molecule has 2 nitrogen and oxygen atoms in total. The molecule has 1 heterocycles. The second-order valence-corrected chi connectivity index (χ2v) is 4.10. The molecule has 2 rings (SSSR count). The maximum absolute atomic E-state index is 8.56. The zero-order chi connectivity index (χ0) is 11.5. The van der Waals surface area contributed by atoms with Crippen molar-refractivity contribution in [2.75, 3.05) is 0 Å². The van der Waals surface area contributed by atoms with Crippen molar-refractivity contribution in [2.24, 2.45) is 0 Å². The molecule has 0 atom stereocenters. The zero-order valence-corrected chi connectivity index (χ0v) is 9.75. The molecule has 0 bridgehead atoms. The predicted octanol–water partition coefficient (Wildman–Crippen LogP) is 3.65. The van der Waals surface area contributed by atoms with Crippen molar-refractivity contribution in [3.63, 3.8) is 0 Å². The number of aryl methyl sites for hydroxylation is 2. The van der Waals surface area contributed by atoms with E-state index in [0.717, 1.165) is 22.0 Å². The van der Waals surface area contributed by atoms with Gasteiger partial charge in [-0.05, 0) is 30.5 Å². The summed E-state index contributed by atoms with van der Waals surface area (Å²) in [5.41, 5.74) is 3.00. The van der Waals surface area contributed by atoms with Crippen LogP contribution in [0, 0.1) is 18.3 Å². The monoisotopic (exact) mass is 230 g/mol. The molecule has 3 heteroatoms. The second kappa shape index (κ2) is 4.51. The standard InChI is InChI=1S/C13H11ClN2/c1-9-4-2-5-10-8-11(6-3-7-15)13(14)16-12(9)10/h2,4-5,8H,3,6H2,1H3. The van der Waals surface area contributed by atoms with Crippen LogP contribution in [0.3, 0.4) is 0 Å². The maximum atomic E-state index is 8.56. The highest BCUT2D eigenvalue weighted by Gasteiger charge is 2.06. The number of para-hydroxylation sites is 1. The molecule has 0 N–H and O–H groups in total. The van der Waals surface area contributed by atoms with Gasteiger partial charge in [-0.15, -0.1) is 0 Å². The third kappa shape index (κ3) is 2.00. The lowest BCUT2D eigenvalue weighted by atomic mass is 10.1. The molecule has 80 valence electrons. The fourth-order valence-electron chi connectivity index (χ4n) is 1.73. The summed E-state index contributed by atoms with van der Waals surface area (Å²) in [6, 6.07) is 10.2. The summed E-state index contributed by atoms with van der Waals surface area (Å²) >= 11 is 6.09. The quantitative estimate of drug-likeness (QED) is 0.739. The van der Waals surface area contributed by atoms with Crippen LogP contribution in [0.1, 0.15) is 17.5 Å². The molecule has 16 heavy (non-hydrogen) atoms. The van der Waals surface area contributed by atoms with Crippen molar-refractivity contribution < 1.29 is 0 Å². The van der Waals surface area contributed by atoms with Gasteiger partial charge >= 0.3 is 0 Å². The van der Waals surface area contributed by atoms with Gasteiger partial charge in [-0.1, -0.05) is 29.8 Å². The van der Waals surface area contributed by atoms with Gasteiger partial charge < -0.3 is 0 Å². The zero-order valence-electron chi connectivity index (χ0n) is 9.00. The molecular weight excluding hydrogens is 220 g/mol. The van der Waals surface area contributed by atoms with E-state index in [0.29, 0.717) is 18.0 Å². The van der Waals surface area contributed by atoms with E-state index in [9.17, 15) is 0 Å². The number of pyridine rings is 1. The van der Waals surface area contributed by atoms with E-state index < -0.39 is 0 Å². The summed E-state index contributed by atoms with van der Waals surface area (Å²) in [6.07, 6.45) is 1.13. The van der Waals surface area contributed by atoms with Crippen LogP contribution in [0.5, 0.6) is 0 Å². The first kappa shape index (κ1) is 10.9. The third-order valence-corrected chi connectivity index (χ3v) is 2.91. The maximum Gasteiger partial charge on any atom is 0.133 e. The first-order valence-corrected chi connectivity index (χ1v) is 5.52. The Bertz CT molecular complexity index is 570. The predicted molar refractivity (Wildman–Crippen MR) is 65.4 cm³/mol. The molecule has 1 aromatic carbocycles. The summed E-state index contributed by atoms with van der Waals surface area (Å²) < 4.78 is 0.